The van der Waals surface area contributed by atoms with Gasteiger partial charge in [0.25, 0.3) is 0 Å². The number of anilines is 1. The van der Waals surface area contributed by atoms with Crippen molar-refractivity contribution in [1.29, 1.82) is 0 Å². The molecule has 0 aliphatic rings. The van der Waals surface area contributed by atoms with Crippen molar-refractivity contribution in [2.24, 2.45) is 0 Å². The number of halogens is 2. The smallest absolute Gasteiger partial charge is 0.387 e. The number of thiocarbonyl (C=S) groups is 1. The van der Waals surface area contributed by atoms with Gasteiger partial charge in [0.15, 0.2) is 16.6 Å². The number of ether oxygens (including phenoxy) is 2. The first-order valence-corrected chi connectivity index (χ1v) is 8.94. The molecule has 1 N–H and O–H groups in total. The van der Waals surface area contributed by atoms with Crippen LogP contribution in [-0.4, -0.2) is 30.8 Å². The molecule has 0 unspecified atom stereocenters. The summed E-state index contributed by atoms with van der Waals surface area (Å²) in [5.74, 6) is 0.731. The van der Waals surface area contributed by atoms with Crippen molar-refractivity contribution in [1.82, 2.24) is 4.90 Å². The van der Waals surface area contributed by atoms with E-state index in [2.05, 4.69) is 36.0 Å². The molecule has 7 heteroatoms. The second kappa shape index (κ2) is 9.50. The average molecular weight is 394 g/mol. The van der Waals surface area contributed by atoms with E-state index in [-0.39, 0.29) is 11.5 Å². The summed E-state index contributed by atoms with van der Waals surface area (Å²) < 4.78 is 34.4. The summed E-state index contributed by atoms with van der Waals surface area (Å²) in [7, 11) is 3.27. The molecule has 2 rings (SSSR count). The van der Waals surface area contributed by atoms with Crippen LogP contribution in [0.1, 0.15) is 30.9 Å². The van der Waals surface area contributed by atoms with Gasteiger partial charge in [-0.1, -0.05) is 32.0 Å². The minimum Gasteiger partial charge on any atom is -0.493 e. The molecule has 0 saturated heterocycles. The lowest BCUT2D eigenvalue weighted by atomic mass is 10.0. The molecule has 27 heavy (non-hydrogen) atoms. The molecule has 0 spiro atoms. The maximum absolute atomic E-state index is 12.4. The lowest BCUT2D eigenvalue weighted by Crippen LogP contribution is -2.30. The van der Waals surface area contributed by atoms with Crippen molar-refractivity contribution in [3.8, 4) is 11.5 Å². The third-order valence-electron chi connectivity index (χ3n) is 4.04. The van der Waals surface area contributed by atoms with Crippen LogP contribution >= 0.6 is 12.2 Å². The summed E-state index contributed by atoms with van der Waals surface area (Å²) in [6.45, 7) is 1.88. The highest BCUT2D eigenvalue weighted by atomic mass is 32.1. The molecular formula is C20H24F2N2O2S. The molecule has 0 radical (unpaired) electrons. The third-order valence-corrected chi connectivity index (χ3v) is 4.45. The van der Waals surface area contributed by atoms with Crippen LogP contribution in [0.15, 0.2) is 42.5 Å². The Labute approximate surface area is 164 Å². The Balaban J connectivity index is 2.01. The molecule has 0 aromatic heterocycles. The fourth-order valence-electron chi connectivity index (χ4n) is 2.52. The van der Waals surface area contributed by atoms with E-state index in [0.29, 0.717) is 17.6 Å². The molecule has 0 amide bonds. The summed E-state index contributed by atoms with van der Waals surface area (Å²) in [4.78, 5) is 1.86. The molecule has 0 saturated carbocycles. The third kappa shape index (κ3) is 6.06. The van der Waals surface area contributed by atoms with Crippen LogP contribution in [0, 0.1) is 0 Å². The molecule has 4 nitrogen and oxygen atoms in total. The molecule has 146 valence electrons. The van der Waals surface area contributed by atoms with Crippen LogP contribution in [0.3, 0.4) is 0 Å². The Kier molecular flexibility index (Phi) is 7.36. The van der Waals surface area contributed by atoms with Gasteiger partial charge in [-0.05, 0) is 53.5 Å². The van der Waals surface area contributed by atoms with Gasteiger partial charge in [-0.15, -0.1) is 0 Å². The number of hydrogen-bond donors (Lipinski definition) is 1. The van der Waals surface area contributed by atoms with Crippen LogP contribution in [0.2, 0.25) is 0 Å². The fraction of sp³-hybridized carbons (Fsp3) is 0.350. The molecule has 0 fully saturated rings. The highest BCUT2D eigenvalue weighted by Crippen LogP contribution is 2.30. The zero-order valence-electron chi connectivity index (χ0n) is 15.8. The molecule has 0 atom stereocenters. The van der Waals surface area contributed by atoms with E-state index in [9.17, 15) is 8.78 Å². The Morgan fingerprint density at radius 2 is 1.78 bits per heavy atom. The van der Waals surface area contributed by atoms with Gasteiger partial charge in [0.05, 0.1) is 7.11 Å². The number of nitrogens with zero attached hydrogens (tertiary/aromatic N) is 1. The van der Waals surface area contributed by atoms with E-state index in [0.717, 1.165) is 11.3 Å². The predicted octanol–water partition coefficient (Wildman–Crippen LogP) is 5.25. The Morgan fingerprint density at radius 1 is 1.11 bits per heavy atom. The topological polar surface area (TPSA) is 33.7 Å². The molecule has 0 heterocycles. The van der Waals surface area contributed by atoms with Gasteiger partial charge in [0.1, 0.15) is 0 Å². The van der Waals surface area contributed by atoms with E-state index < -0.39 is 6.61 Å². The fourth-order valence-corrected chi connectivity index (χ4v) is 2.70. The summed E-state index contributed by atoms with van der Waals surface area (Å²) in [5.41, 5.74) is 3.03. The lowest BCUT2D eigenvalue weighted by Gasteiger charge is -2.22. The van der Waals surface area contributed by atoms with Gasteiger partial charge < -0.3 is 19.7 Å². The number of hydrogen-bond acceptors (Lipinski definition) is 3. The maximum Gasteiger partial charge on any atom is 0.387 e. The summed E-state index contributed by atoms with van der Waals surface area (Å²) in [6.07, 6.45) is 0. The lowest BCUT2D eigenvalue weighted by molar-refractivity contribution is -0.0512. The van der Waals surface area contributed by atoms with Gasteiger partial charge in [0, 0.05) is 19.3 Å². The van der Waals surface area contributed by atoms with E-state index in [1.807, 2.05) is 24.1 Å². The first-order chi connectivity index (χ1) is 12.8. The van der Waals surface area contributed by atoms with Gasteiger partial charge in [-0.25, -0.2) is 0 Å². The summed E-state index contributed by atoms with van der Waals surface area (Å²) in [6, 6.07) is 13.0. The van der Waals surface area contributed by atoms with E-state index in [4.69, 9.17) is 17.0 Å². The minimum atomic E-state index is -2.90. The number of alkyl halides is 2. The monoisotopic (exact) mass is 394 g/mol. The molecule has 2 aromatic rings. The quantitative estimate of drug-likeness (QED) is 0.649. The number of benzene rings is 2. The van der Waals surface area contributed by atoms with Gasteiger partial charge in [0.2, 0.25) is 0 Å². The first-order valence-electron chi connectivity index (χ1n) is 8.54. The Bertz CT molecular complexity index is 767. The van der Waals surface area contributed by atoms with Crippen molar-refractivity contribution >= 4 is 23.0 Å². The molecule has 2 aromatic carbocycles. The van der Waals surface area contributed by atoms with Crippen molar-refractivity contribution in [3.05, 3.63) is 53.6 Å². The van der Waals surface area contributed by atoms with Crippen LogP contribution in [-0.2, 0) is 6.54 Å². The minimum absolute atomic E-state index is 0.00449. The molecule has 0 aliphatic carbocycles. The van der Waals surface area contributed by atoms with Gasteiger partial charge in [-0.2, -0.15) is 8.78 Å². The van der Waals surface area contributed by atoms with Gasteiger partial charge in [-0.3, -0.25) is 0 Å². The first kappa shape index (κ1) is 20.9. The summed E-state index contributed by atoms with van der Waals surface area (Å²) >= 11 is 5.45. The highest BCUT2D eigenvalue weighted by molar-refractivity contribution is 7.80. The largest absolute Gasteiger partial charge is 0.493 e. The van der Waals surface area contributed by atoms with Crippen LogP contribution in [0.25, 0.3) is 0 Å². The molecule has 0 bridgehead atoms. The maximum atomic E-state index is 12.4. The van der Waals surface area contributed by atoms with E-state index >= 15 is 0 Å². The zero-order valence-corrected chi connectivity index (χ0v) is 16.6. The Hall–Kier alpha value is -2.41. The highest BCUT2D eigenvalue weighted by Gasteiger charge is 2.13. The predicted molar refractivity (Wildman–Crippen MR) is 108 cm³/mol. The Morgan fingerprint density at radius 3 is 2.33 bits per heavy atom. The number of nitrogens with one attached hydrogen (secondary N) is 1. The van der Waals surface area contributed by atoms with Crippen LogP contribution < -0.4 is 14.8 Å². The summed E-state index contributed by atoms with van der Waals surface area (Å²) in [5, 5.41) is 3.75. The normalized spacial score (nSPS) is 10.8. The van der Waals surface area contributed by atoms with Gasteiger partial charge >= 0.3 is 6.61 Å². The van der Waals surface area contributed by atoms with Crippen molar-refractivity contribution in [2.45, 2.75) is 32.9 Å². The van der Waals surface area contributed by atoms with Crippen molar-refractivity contribution < 1.29 is 18.3 Å². The zero-order chi connectivity index (χ0) is 20.0. The van der Waals surface area contributed by atoms with E-state index in [1.54, 1.807) is 12.1 Å². The molecule has 0 aliphatic heterocycles. The SMILES string of the molecule is COc1cc(CN(C)C(=S)Nc2ccc(C(C)C)cc2)ccc1OC(F)F. The number of methoxy groups -OCH3 is 1. The average Bonchev–Trinajstić information content (AvgIpc) is 2.62. The van der Waals surface area contributed by atoms with Crippen molar-refractivity contribution in [3.63, 3.8) is 0 Å². The second-order valence-electron chi connectivity index (χ2n) is 6.43. The van der Waals surface area contributed by atoms with E-state index in [1.165, 1.54) is 18.7 Å². The number of rotatable bonds is 7. The standard InChI is InChI=1S/C20H24F2N2O2S/c1-13(2)15-6-8-16(9-7-15)23-20(27)24(3)12-14-5-10-17(26-19(21)22)18(11-14)25-4/h5-11,13,19H,12H2,1-4H3,(H,23,27). The molecular weight excluding hydrogens is 370 g/mol. The van der Waals surface area contributed by atoms with Crippen LogP contribution in [0.5, 0.6) is 11.5 Å². The van der Waals surface area contributed by atoms with Crippen LogP contribution in [0.4, 0.5) is 14.5 Å². The second-order valence-corrected chi connectivity index (χ2v) is 6.81. The van der Waals surface area contributed by atoms with Crippen molar-refractivity contribution in [2.75, 3.05) is 19.5 Å².